The van der Waals surface area contributed by atoms with Crippen molar-refractivity contribution in [2.45, 2.75) is 25.0 Å². The monoisotopic (exact) mass is 220 g/mol. The average Bonchev–Trinajstić information content (AvgIpc) is 2.78. The summed E-state index contributed by atoms with van der Waals surface area (Å²) in [6, 6.07) is 6.89. The normalized spacial score (nSPS) is 28.7. The lowest BCUT2D eigenvalue weighted by molar-refractivity contribution is 0.179. The molecule has 0 saturated carbocycles. The minimum atomic E-state index is -0.166. The fourth-order valence-electron chi connectivity index (χ4n) is 2.44. The van der Waals surface area contributed by atoms with E-state index in [1.54, 1.807) is 6.07 Å². The van der Waals surface area contributed by atoms with Crippen LogP contribution in [0, 0.1) is 5.82 Å². The first-order chi connectivity index (χ1) is 7.75. The smallest absolute Gasteiger partial charge is 0.205 e. The molecule has 16 heavy (non-hydrogen) atoms. The van der Waals surface area contributed by atoms with Gasteiger partial charge in [0.25, 0.3) is 0 Å². The van der Waals surface area contributed by atoms with Crippen molar-refractivity contribution in [1.82, 2.24) is 10.4 Å². The summed E-state index contributed by atoms with van der Waals surface area (Å²) in [6.07, 6.45) is 1.87. The highest BCUT2D eigenvalue weighted by Gasteiger charge is 2.39. The highest BCUT2D eigenvalue weighted by atomic mass is 19.1. The molecule has 2 atom stereocenters. The van der Waals surface area contributed by atoms with E-state index >= 15 is 0 Å². The number of hydrogen-bond acceptors (Lipinski definition) is 4. The molecule has 2 aliphatic heterocycles. The molecule has 4 nitrogen and oxygen atoms in total. The first-order valence-electron chi connectivity index (χ1n) is 5.38. The molecule has 1 fully saturated rings. The molecule has 0 radical (unpaired) electrons. The van der Waals surface area contributed by atoms with Crippen LogP contribution in [0.4, 0.5) is 4.39 Å². The Morgan fingerprint density at radius 1 is 1.38 bits per heavy atom. The van der Waals surface area contributed by atoms with Crippen LogP contribution >= 0.6 is 0 Å². The van der Waals surface area contributed by atoms with E-state index in [4.69, 9.17) is 5.73 Å². The number of rotatable bonds is 1. The lowest BCUT2D eigenvalue weighted by Crippen LogP contribution is -2.41. The predicted octanol–water partition coefficient (Wildman–Crippen LogP) is 1.12. The van der Waals surface area contributed by atoms with Crippen LogP contribution in [0.2, 0.25) is 0 Å². The molecule has 0 aromatic heterocycles. The standard InChI is InChI=1S/C11H13FN4/c12-8-4-2-1-3-7(8)9-5-6-10-14-11(13)15-16(9)10/h1-4,9-10H,5-6H2,(H3,13,14,15)/t9-,10-/m0/s1. The molecule has 2 aliphatic rings. The van der Waals surface area contributed by atoms with Crippen LogP contribution < -0.4 is 11.2 Å². The van der Waals surface area contributed by atoms with Gasteiger partial charge in [0.2, 0.25) is 5.96 Å². The van der Waals surface area contributed by atoms with Gasteiger partial charge < -0.3 is 5.73 Å². The third kappa shape index (κ3) is 1.36. The number of guanidine groups is 1. The van der Waals surface area contributed by atoms with Gasteiger partial charge in [-0.2, -0.15) is 5.01 Å². The van der Waals surface area contributed by atoms with Crippen LogP contribution in [0.25, 0.3) is 0 Å². The van der Waals surface area contributed by atoms with Gasteiger partial charge >= 0.3 is 0 Å². The number of nitrogens with zero attached hydrogens (tertiary/aromatic N) is 2. The van der Waals surface area contributed by atoms with Gasteiger partial charge in [-0.15, -0.1) is 0 Å². The zero-order valence-electron chi connectivity index (χ0n) is 8.73. The van der Waals surface area contributed by atoms with Crippen molar-refractivity contribution in [2.75, 3.05) is 0 Å². The summed E-state index contributed by atoms with van der Waals surface area (Å²) in [5.41, 5.74) is 9.30. The fraction of sp³-hybridized carbons (Fsp3) is 0.364. The van der Waals surface area contributed by atoms with E-state index in [9.17, 15) is 4.39 Å². The second-order valence-corrected chi connectivity index (χ2v) is 4.13. The van der Waals surface area contributed by atoms with Gasteiger partial charge in [0, 0.05) is 5.56 Å². The SMILES string of the molecule is NC1=N[C@@H]2CC[C@@H](c3ccccc3F)N2N1. The molecule has 1 saturated heterocycles. The average molecular weight is 220 g/mol. The van der Waals surface area contributed by atoms with Gasteiger partial charge in [-0.05, 0) is 18.9 Å². The molecule has 0 aliphatic carbocycles. The van der Waals surface area contributed by atoms with Gasteiger partial charge in [-0.3, -0.25) is 5.43 Å². The summed E-state index contributed by atoms with van der Waals surface area (Å²) >= 11 is 0. The number of hydrogen-bond donors (Lipinski definition) is 2. The molecule has 1 aromatic rings. The fourth-order valence-corrected chi connectivity index (χ4v) is 2.44. The molecule has 84 valence electrons. The van der Waals surface area contributed by atoms with Crippen LogP contribution in [0.3, 0.4) is 0 Å². The van der Waals surface area contributed by atoms with E-state index in [1.807, 2.05) is 17.1 Å². The molecule has 0 spiro atoms. The molecule has 0 unspecified atom stereocenters. The summed E-state index contributed by atoms with van der Waals surface area (Å²) in [4.78, 5) is 4.24. The Morgan fingerprint density at radius 2 is 2.19 bits per heavy atom. The van der Waals surface area contributed by atoms with E-state index in [-0.39, 0.29) is 18.0 Å². The minimum absolute atomic E-state index is 0.0241. The Balaban J connectivity index is 1.91. The van der Waals surface area contributed by atoms with Gasteiger partial charge in [-0.25, -0.2) is 9.38 Å². The van der Waals surface area contributed by atoms with Gasteiger partial charge in [-0.1, -0.05) is 18.2 Å². The summed E-state index contributed by atoms with van der Waals surface area (Å²) in [5, 5.41) is 1.94. The lowest BCUT2D eigenvalue weighted by atomic mass is 10.0. The summed E-state index contributed by atoms with van der Waals surface area (Å²) in [5.74, 6) is 0.256. The Labute approximate surface area is 92.9 Å². The molecule has 2 heterocycles. The van der Waals surface area contributed by atoms with Crippen LogP contribution in [0.5, 0.6) is 0 Å². The molecular formula is C11H13FN4. The second kappa shape index (κ2) is 3.45. The predicted molar refractivity (Wildman–Crippen MR) is 58.8 cm³/mol. The van der Waals surface area contributed by atoms with Crippen molar-refractivity contribution < 1.29 is 4.39 Å². The van der Waals surface area contributed by atoms with Gasteiger partial charge in [0.05, 0.1) is 6.04 Å². The lowest BCUT2D eigenvalue weighted by Gasteiger charge is -2.23. The number of aliphatic imine (C=N–C) groups is 1. The van der Waals surface area contributed by atoms with E-state index in [0.717, 1.165) is 12.8 Å². The zero-order chi connectivity index (χ0) is 11.1. The van der Waals surface area contributed by atoms with Crippen LogP contribution in [-0.2, 0) is 0 Å². The molecule has 0 amide bonds. The number of benzene rings is 1. The quantitative estimate of drug-likeness (QED) is 0.745. The van der Waals surface area contributed by atoms with Crippen molar-refractivity contribution in [3.63, 3.8) is 0 Å². The van der Waals surface area contributed by atoms with Crippen molar-refractivity contribution in [3.05, 3.63) is 35.6 Å². The Kier molecular flexibility index (Phi) is 2.07. The molecular weight excluding hydrogens is 207 g/mol. The first-order valence-corrected chi connectivity index (χ1v) is 5.38. The van der Waals surface area contributed by atoms with E-state index in [1.165, 1.54) is 6.07 Å². The summed E-state index contributed by atoms with van der Waals surface area (Å²) in [7, 11) is 0. The minimum Gasteiger partial charge on any atom is -0.369 e. The van der Waals surface area contributed by atoms with Crippen molar-refractivity contribution in [1.29, 1.82) is 0 Å². The Hall–Kier alpha value is -1.62. The third-order valence-corrected chi connectivity index (χ3v) is 3.15. The van der Waals surface area contributed by atoms with E-state index < -0.39 is 0 Å². The Morgan fingerprint density at radius 3 is 3.00 bits per heavy atom. The number of nitrogens with one attached hydrogen (secondary N) is 1. The topological polar surface area (TPSA) is 53.6 Å². The highest BCUT2D eigenvalue weighted by molar-refractivity contribution is 5.79. The van der Waals surface area contributed by atoms with Crippen molar-refractivity contribution in [2.24, 2.45) is 10.7 Å². The molecule has 0 bridgehead atoms. The summed E-state index contributed by atoms with van der Waals surface area (Å²) < 4.78 is 13.7. The van der Waals surface area contributed by atoms with Crippen molar-refractivity contribution >= 4 is 5.96 Å². The zero-order valence-corrected chi connectivity index (χ0v) is 8.73. The van der Waals surface area contributed by atoms with Crippen LogP contribution in [-0.4, -0.2) is 17.1 Å². The van der Waals surface area contributed by atoms with E-state index in [2.05, 4.69) is 10.4 Å². The van der Waals surface area contributed by atoms with Gasteiger partial charge in [0.15, 0.2) is 0 Å². The molecule has 3 rings (SSSR count). The van der Waals surface area contributed by atoms with Gasteiger partial charge in [0.1, 0.15) is 12.0 Å². The largest absolute Gasteiger partial charge is 0.369 e. The number of halogens is 1. The number of nitrogens with two attached hydrogens (primary N) is 1. The number of fused-ring (bicyclic) bond motifs is 1. The molecule has 3 N–H and O–H groups in total. The van der Waals surface area contributed by atoms with Crippen LogP contribution in [0.15, 0.2) is 29.3 Å². The summed E-state index contributed by atoms with van der Waals surface area (Å²) in [6.45, 7) is 0. The Bertz CT molecular complexity index is 445. The molecule has 5 heteroatoms. The maximum absolute atomic E-state index is 13.7. The number of hydrazine groups is 1. The highest BCUT2D eigenvalue weighted by Crippen LogP contribution is 2.37. The molecule has 1 aromatic carbocycles. The third-order valence-electron chi connectivity index (χ3n) is 3.15. The van der Waals surface area contributed by atoms with E-state index in [0.29, 0.717) is 11.5 Å². The van der Waals surface area contributed by atoms with Crippen LogP contribution in [0.1, 0.15) is 24.4 Å². The van der Waals surface area contributed by atoms with Crippen molar-refractivity contribution in [3.8, 4) is 0 Å². The second-order valence-electron chi connectivity index (χ2n) is 4.13. The maximum atomic E-state index is 13.7. The first kappa shape index (κ1) is 9.59. The maximum Gasteiger partial charge on any atom is 0.205 e.